The Labute approximate surface area is 167 Å². The summed E-state index contributed by atoms with van der Waals surface area (Å²) in [5.41, 5.74) is 2.61. The quantitative estimate of drug-likeness (QED) is 0.817. The van der Waals surface area contributed by atoms with Crippen LogP contribution in [0.1, 0.15) is 53.3 Å². The van der Waals surface area contributed by atoms with Crippen molar-refractivity contribution in [1.82, 2.24) is 20.4 Å². The highest BCUT2D eigenvalue weighted by atomic mass is 32.1. The number of fused-ring (bicyclic) bond motifs is 1. The second-order valence-electron chi connectivity index (χ2n) is 7.51. The summed E-state index contributed by atoms with van der Waals surface area (Å²) < 4.78 is 5.15. The van der Waals surface area contributed by atoms with Gasteiger partial charge in [0, 0.05) is 29.4 Å². The molecular weight excluding hydrogens is 378 g/mol. The van der Waals surface area contributed by atoms with Gasteiger partial charge in [-0.25, -0.2) is 9.78 Å². The van der Waals surface area contributed by atoms with Crippen LogP contribution in [0.2, 0.25) is 0 Å². The van der Waals surface area contributed by atoms with Gasteiger partial charge in [0.05, 0.1) is 24.4 Å². The van der Waals surface area contributed by atoms with Gasteiger partial charge < -0.3 is 14.7 Å². The predicted molar refractivity (Wildman–Crippen MR) is 105 cm³/mol. The molecule has 3 amide bonds. The minimum atomic E-state index is -0.190. The second kappa shape index (κ2) is 7.90. The molecular formula is C19H25N5O3S. The lowest BCUT2D eigenvalue weighted by molar-refractivity contribution is -0.131. The number of aromatic nitrogens is 2. The monoisotopic (exact) mass is 403 g/mol. The molecule has 2 aliphatic rings. The summed E-state index contributed by atoms with van der Waals surface area (Å²) in [6, 6.07) is 0.0800. The van der Waals surface area contributed by atoms with E-state index in [1.54, 1.807) is 0 Å². The van der Waals surface area contributed by atoms with E-state index >= 15 is 0 Å². The second-order valence-corrected chi connectivity index (χ2v) is 8.60. The fourth-order valence-corrected chi connectivity index (χ4v) is 4.89. The molecule has 9 heteroatoms. The van der Waals surface area contributed by atoms with Crippen LogP contribution in [0.5, 0.6) is 0 Å². The largest absolute Gasteiger partial charge is 0.361 e. The van der Waals surface area contributed by atoms with Crippen LogP contribution in [0.25, 0.3) is 0 Å². The van der Waals surface area contributed by atoms with Gasteiger partial charge in [-0.2, -0.15) is 0 Å². The molecule has 4 rings (SSSR count). The smallest absolute Gasteiger partial charge is 0.321 e. The summed E-state index contributed by atoms with van der Waals surface area (Å²) >= 11 is 1.45. The van der Waals surface area contributed by atoms with Crippen molar-refractivity contribution in [3.63, 3.8) is 0 Å². The van der Waals surface area contributed by atoms with E-state index < -0.39 is 0 Å². The number of thiazole rings is 1. The molecule has 1 saturated carbocycles. The summed E-state index contributed by atoms with van der Waals surface area (Å²) in [4.78, 5) is 32.3. The molecule has 28 heavy (non-hydrogen) atoms. The van der Waals surface area contributed by atoms with Crippen LogP contribution in [0.3, 0.4) is 0 Å². The molecule has 1 aliphatic carbocycles. The van der Waals surface area contributed by atoms with E-state index in [9.17, 15) is 9.59 Å². The first kappa shape index (κ1) is 18.9. The summed E-state index contributed by atoms with van der Waals surface area (Å²) in [6.45, 7) is 4.84. The Kier molecular flexibility index (Phi) is 5.34. The van der Waals surface area contributed by atoms with Crippen molar-refractivity contribution >= 4 is 28.4 Å². The predicted octanol–water partition coefficient (Wildman–Crippen LogP) is 2.94. The Morgan fingerprint density at radius 1 is 1.29 bits per heavy atom. The van der Waals surface area contributed by atoms with Gasteiger partial charge in [0.25, 0.3) is 0 Å². The third-order valence-electron chi connectivity index (χ3n) is 5.50. The van der Waals surface area contributed by atoms with Crippen LogP contribution in [-0.4, -0.2) is 39.6 Å². The molecule has 1 aliphatic heterocycles. The highest BCUT2D eigenvalue weighted by Gasteiger charge is 2.26. The molecule has 2 N–H and O–H groups in total. The van der Waals surface area contributed by atoms with Crippen LogP contribution >= 0.6 is 11.3 Å². The number of hydrogen-bond acceptors (Lipinski definition) is 6. The van der Waals surface area contributed by atoms with Crippen molar-refractivity contribution in [2.75, 3.05) is 11.9 Å². The van der Waals surface area contributed by atoms with E-state index in [4.69, 9.17) is 4.52 Å². The molecule has 0 aromatic carbocycles. The molecule has 0 atom stereocenters. The summed E-state index contributed by atoms with van der Waals surface area (Å²) in [5.74, 6) is 0.753. The Balaban J connectivity index is 1.36. The molecule has 0 saturated heterocycles. The molecule has 2 aromatic heterocycles. The lowest BCUT2D eigenvalue weighted by Crippen LogP contribution is -2.36. The Morgan fingerprint density at radius 2 is 2.07 bits per heavy atom. The molecule has 0 bridgehead atoms. The molecule has 150 valence electrons. The topological polar surface area (TPSA) is 100 Å². The van der Waals surface area contributed by atoms with Gasteiger partial charge in [-0.3, -0.25) is 10.1 Å². The van der Waals surface area contributed by atoms with Crippen LogP contribution in [0, 0.1) is 13.8 Å². The van der Waals surface area contributed by atoms with Gasteiger partial charge in [0.1, 0.15) is 5.76 Å². The molecule has 0 radical (unpaired) electrons. The zero-order valence-electron chi connectivity index (χ0n) is 16.2. The van der Waals surface area contributed by atoms with Crippen LogP contribution in [-0.2, 0) is 24.2 Å². The number of nitrogens with zero attached hydrogens (tertiary/aromatic N) is 3. The lowest BCUT2D eigenvalue weighted by Gasteiger charge is -2.26. The van der Waals surface area contributed by atoms with Gasteiger partial charge in [0.15, 0.2) is 5.13 Å². The Hall–Kier alpha value is -2.42. The van der Waals surface area contributed by atoms with E-state index in [-0.39, 0.29) is 18.0 Å². The normalized spacial score (nSPS) is 16.9. The molecule has 3 heterocycles. The van der Waals surface area contributed by atoms with Crippen LogP contribution in [0.15, 0.2) is 4.52 Å². The fourth-order valence-electron chi connectivity index (χ4n) is 3.87. The molecule has 0 spiro atoms. The third kappa shape index (κ3) is 4.04. The summed E-state index contributed by atoms with van der Waals surface area (Å²) in [5, 5.41) is 10.4. The SMILES string of the molecule is Cc1noc(C)c1CC(=O)N1CCc2nc(NC(=O)NC3CCCC3)sc2C1. The lowest BCUT2D eigenvalue weighted by atomic mass is 10.1. The average molecular weight is 404 g/mol. The zero-order valence-corrected chi connectivity index (χ0v) is 17.0. The highest BCUT2D eigenvalue weighted by molar-refractivity contribution is 7.15. The number of amides is 3. The van der Waals surface area contributed by atoms with Crippen molar-refractivity contribution in [2.24, 2.45) is 0 Å². The minimum Gasteiger partial charge on any atom is -0.361 e. The summed E-state index contributed by atoms with van der Waals surface area (Å²) in [7, 11) is 0. The first-order valence-electron chi connectivity index (χ1n) is 9.75. The van der Waals surface area contributed by atoms with E-state index in [0.29, 0.717) is 36.8 Å². The fraction of sp³-hybridized carbons (Fsp3) is 0.579. The number of aryl methyl sites for hydroxylation is 2. The van der Waals surface area contributed by atoms with Gasteiger partial charge in [-0.1, -0.05) is 29.3 Å². The Bertz CT molecular complexity index is 865. The molecule has 0 unspecified atom stereocenters. The highest BCUT2D eigenvalue weighted by Crippen LogP contribution is 2.29. The third-order valence-corrected chi connectivity index (χ3v) is 6.50. The standard InChI is InChI=1S/C19H25N5O3S/c1-11-14(12(2)27-23-11)9-17(25)24-8-7-15-16(10-24)28-19(21-15)22-18(26)20-13-5-3-4-6-13/h13H,3-10H2,1-2H3,(H2,20,21,22,26). The van der Waals surface area contributed by atoms with Crippen molar-refractivity contribution < 1.29 is 14.1 Å². The van der Waals surface area contributed by atoms with Crippen LogP contribution < -0.4 is 10.6 Å². The molecule has 8 nitrogen and oxygen atoms in total. The maximum absolute atomic E-state index is 12.7. The van der Waals surface area contributed by atoms with E-state index in [1.165, 1.54) is 24.2 Å². The number of hydrogen-bond donors (Lipinski definition) is 2. The van der Waals surface area contributed by atoms with Crippen LogP contribution in [0.4, 0.5) is 9.93 Å². The number of nitrogens with one attached hydrogen (secondary N) is 2. The maximum Gasteiger partial charge on any atom is 0.321 e. The number of carbonyl (C=O) groups excluding carboxylic acids is 2. The van der Waals surface area contributed by atoms with Crippen molar-refractivity contribution in [3.8, 4) is 0 Å². The molecule has 2 aromatic rings. The van der Waals surface area contributed by atoms with Crippen molar-refractivity contribution in [1.29, 1.82) is 0 Å². The van der Waals surface area contributed by atoms with E-state index in [2.05, 4.69) is 20.8 Å². The number of carbonyl (C=O) groups is 2. The first-order chi connectivity index (χ1) is 13.5. The Morgan fingerprint density at radius 3 is 2.79 bits per heavy atom. The average Bonchev–Trinajstić information content (AvgIpc) is 3.37. The van der Waals surface area contributed by atoms with Crippen molar-refractivity contribution in [3.05, 3.63) is 27.6 Å². The van der Waals surface area contributed by atoms with Crippen molar-refractivity contribution in [2.45, 2.75) is 65.0 Å². The first-order valence-corrected chi connectivity index (χ1v) is 10.6. The maximum atomic E-state index is 12.7. The van der Waals surface area contributed by atoms with Gasteiger partial charge in [-0.05, 0) is 26.7 Å². The van der Waals surface area contributed by atoms with Gasteiger partial charge in [0.2, 0.25) is 5.91 Å². The zero-order chi connectivity index (χ0) is 19.7. The number of urea groups is 1. The number of rotatable bonds is 4. The number of anilines is 1. The van der Waals surface area contributed by atoms with E-state index in [1.807, 2.05) is 18.7 Å². The van der Waals surface area contributed by atoms with E-state index in [0.717, 1.165) is 34.7 Å². The summed E-state index contributed by atoms with van der Waals surface area (Å²) in [6.07, 6.45) is 5.44. The van der Waals surface area contributed by atoms with Gasteiger partial charge >= 0.3 is 6.03 Å². The minimum absolute atomic E-state index is 0.0573. The van der Waals surface area contributed by atoms with Gasteiger partial charge in [-0.15, -0.1) is 0 Å². The molecule has 1 fully saturated rings.